The lowest BCUT2D eigenvalue weighted by Crippen LogP contribution is -2.38. The Morgan fingerprint density at radius 1 is 1.35 bits per heavy atom. The Bertz CT molecular complexity index is 791. The zero-order chi connectivity index (χ0) is 16.2. The number of ether oxygens (including phenoxy) is 1. The van der Waals surface area contributed by atoms with E-state index in [1.54, 1.807) is 34.4 Å². The Balaban J connectivity index is 1.57. The summed E-state index contributed by atoms with van der Waals surface area (Å²) in [5.41, 5.74) is 1.82. The van der Waals surface area contributed by atoms with Gasteiger partial charge in [0, 0.05) is 18.0 Å². The Kier molecular flexibility index (Phi) is 4.40. The van der Waals surface area contributed by atoms with Gasteiger partial charge in [0.15, 0.2) is 6.61 Å². The fraction of sp³-hybridized carbons (Fsp3) is 0.235. The van der Waals surface area contributed by atoms with Crippen LogP contribution in [0.4, 0.5) is 0 Å². The minimum Gasteiger partial charge on any atom is -0.452 e. The summed E-state index contributed by atoms with van der Waals surface area (Å²) in [6, 6.07) is 10.2. The second-order valence-electron chi connectivity index (χ2n) is 5.20. The number of nitrogens with zero attached hydrogens (tertiary/aromatic N) is 2. The predicted molar refractivity (Wildman–Crippen MR) is 84.9 cm³/mol. The number of rotatable bonds is 3. The Labute approximate surface area is 137 Å². The van der Waals surface area contributed by atoms with E-state index in [2.05, 4.69) is 0 Å². The molecule has 3 rings (SSSR count). The van der Waals surface area contributed by atoms with Crippen LogP contribution in [-0.2, 0) is 22.5 Å². The molecule has 1 aliphatic rings. The fourth-order valence-electron chi connectivity index (χ4n) is 2.48. The molecule has 23 heavy (non-hydrogen) atoms. The Morgan fingerprint density at radius 3 is 3.04 bits per heavy atom. The molecule has 0 aliphatic carbocycles. The maximum atomic E-state index is 12.2. The molecule has 2 heterocycles. The zero-order valence-corrected chi connectivity index (χ0v) is 13.1. The fourth-order valence-corrected chi connectivity index (χ4v) is 3.37. The zero-order valence-electron chi connectivity index (χ0n) is 12.3. The number of nitriles is 1. The number of fused-ring (bicyclic) bond motifs is 1. The summed E-state index contributed by atoms with van der Waals surface area (Å²) in [6.07, 6.45) is 0.844. The molecule has 1 aromatic carbocycles. The van der Waals surface area contributed by atoms with Gasteiger partial charge < -0.3 is 9.64 Å². The molecule has 2 aromatic rings. The van der Waals surface area contributed by atoms with Gasteiger partial charge in [-0.2, -0.15) is 5.26 Å². The summed E-state index contributed by atoms with van der Waals surface area (Å²) in [7, 11) is 0. The molecule has 1 amide bonds. The van der Waals surface area contributed by atoms with Gasteiger partial charge in [-0.15, -0.1) is 11.3 Å². The lowest BCUT2D eigenvalue weighted by Gasteiger charge is -2.26. The van der Waals surface area contributed by atoms with Gasteiger partial charge in [-0.25, -0.2) is 4.79 Å². The summed E-state index contributed by atoms with van der Waals surface area (Å²) in [4.78, 5) is 27.2. The maximum absolute atomic E-state index is 12.2. The highest BCUT2D eigenvalue weighted by Gasteiger charge is 2.22. The minimum atomic E-state index is -0.594. The molecule has 116 valence electrons. The first kappa shape index (κ1) is 15.3. The van der Waals surface area contributed by atoms with Crippen LogP contribution in [0.1, 0.15) is 26.4 Å². The summed E-state index contributed by atoms with van der Waals surface area (Å²) in [6.45, 7) is 0.933. The van der Waals surface area contributed by atoms with Crippen molar-refractivity contribution in [2.24, 2.45) is 0 Å². The maximum Gasteiger partial charge on any atom is 0.338 e. The second-order valence-corrected chi connectivity index (χ2v) is 6.20. The van der Waals surface area contributed by atoms with Crippen molar-refractivity contribution in [3.63, 3.8) is 0 Å². The van der Waals surface area contributed by atoms with Crippen molar-refractivity contribution in [1.82, 2.24) is 4.90 Å². The van der Waals surface area contributed by atoms with E-state index >= 15 is 0 Å². The van der Waals surface area contributed by atoms with Gasteiger partial charge in [-0.05, 0) is 41.6 Å². The third-order valence-electron chi connectivity index (χ3n) is 3.71. The van der Waals surface area contributed by atoms with Crippen LogP contribution in [0, 0.1) is 11.3 Å². The molecule has 5 nitrogen and oxygen atoms in total. The molecule has 1 aliphatic heterocycles. The van der Waals surface area contributed by atoms with Gasteiger partial charge >= 0.3 is 5.97 Å². The standard InChI is InChI=1S/C17H14N2O3S/c18-9-12-2-1-3-13(8-12)17(21)22-11-16(20)19-6-4-15-14(10-19)5-7-23-15/h1-3,5,7-8H,4,6,10-11H2. The first-order valence-corrected chi connectivity index (χ1v) is 8.05. The lowest BCUT2D eigenvalue weighted by molar-refractivity contribution is -0.135. The van der Waals surface area contributed by atoms with Crippen LogP contribution < -0.4 is 0 Å². The number of carbonyl (C=O) groups excluding carboxylic acids is 2. The van der Waals surface area contributed by atoms with E-state index in [0.717, 1.165) is 6.42 Å². The van der Waals surface area contributed by atoms with E-state index in [-0.39, 0.29) is 18.1 Å². The van der Waals surface area contributed by atoms with Crippen LogP contribution in [0.25, 0.3) is 0 Å². The van der Waals surface area contributed by atoms with Crippen molar-refractivity contribution in [2.75, 3.05) is 13.2 Å². The number of benzene rings is 1. The predicted octanol–water partition coefficient (Wildman–Crippen LogP) is 2.36. The van der Waals surface area contributed by atoms with E-state index in [4.69, 9.17) is 10.00 Å². The summed E-state index contributed by atoms with van der Waals surface area (Å²) < 4.78 is 5.08. The highest BCUT2D eigenvalue weighted by molar-refractivity contribution is 7.10. The number of carbonyl (C=O) groups is 2. The molecular formula is C17H14N2O3S. The molecule has 0 spiro atoms. The number of thiophene rings is 1. The molecule has 0 radical (unpaired) electrons. The minimum absolute atomic E-state index is 0.202. The average Bonchev–Trinajstić information content (AvgIpc) is 3.07. The smallest absolute Gasteiger partial charge is 0.338 e. The van der Waals surface area contributed by atoms with E-state index in [1.165, 1.54) is 16.5 Å². The van der Waals surface area contributed by atoms with Gasteiger partial charge in [-0.1, -0.05) is 6.07 Å². The number of hydrogen-bond acceptors (Lipinski definition) is 5. The molecule has 0 bridgehead atoms. The largest absolute Gasteiger partial charge is 0.452 e. The van der Waals surface area contributed by atoms with Gasteiger partial charge in [-0.3, -0.25) is 4.79 Å². The van der Waals surface area contributed by atoms with Gasteiger partial charge in [0.2, 0.25) is 0 Å². The van der Waals surface area contributed by atoms with E-state index in [9.17, 15) is 9.59 Å². The second kappa shape index (κ2) is 6.63. The summed E-state index contributed by atoms with van der Waals surface area (Å²) in [5, 5.41) is 10.9. The van der Waals surface area contributed by atoms with Crippen molar-refractivity contribution >= 4 is 23.2 Å². The molecule has 0 atom stereocenters. The molecule has 1 aromatic heterocycles. The molecule has 0 fully saturated rings. The van der Waals surface area contributed by atoms with Crippen LogP contribution in [0.5, 0.6) is 0 Å². The van der Waals surface area contributed by atoms with Crippen LogP contribution >= 0.6 is 11.3 Å². The molecule has 6 heteroatoms. The van der Waals surface area contributed by atoms with E-state index in [1.807, 2.05) is 17.5 Å². The van der Waals surface area contributed by atoms with Crippen molar-refractivity contribution in [2.45, 2.75) is 13.0 Å². The quantitative estimate of drug-likeness (QED) is 0.812. The third kappa shape index (κ3) is 3.41. The van der Waals surface area contributed by atoms with Crippen LogP contribution in [0.3, 0.4) is 0 Å². The van der Waals surface area contributed by atoms with Crippen molar-refractivity contribution in [1.29, 1.82) is 5.26 Å². The van der Waals surface area contributed by atoms with E-state index in [0.29, 0.717) is 18.7 Å². The Morgan fingerprint density at radius 2 is 2.22 bits per heavy atom. The number of hydrogen-bond donors (Lipinski definition) is 0. The summed E-state index contributed by atoms with van der Waals surface area (Å²) in [5.74, 6) is -0.796. The number of esters is 1. The van der Waals surface area contributed by atoms with Crippen LogP contribution in [0.15, 0.2) is 35.7 Å². The van der Waals surface area contributed by atoms with Crippen molar-refractivity contribution in [3.05, 3.63) is 57.3 Å². The van der Waals surface area contributed by atoms with Crippen molar-refractivity contribution < 1.29 is 14.3 Å². The molecule has 0 unspecified atom stereocenters. The molecular weight excluding hydrogens is 312 g/mol. The number of amides is 1. The highest BCUT2D eigenvalue weighted by Crippen LogP contribution is 2.24. The third-order valence-corrected chi connectivity index (χ3v) is 4.74. The summed E-state index contributed by atoms with van der Waals surface area (Å²) >= 11 is 1.71. The topological polar surface area (TPSA) is 70.4 Å². The van der Waals surface area contributed by atoms with Crippen LogP contribution in [0.2, 0.25) is 0 Å². The van der Waals surface area contributed by atoms with Crippen molar-refractivity contribution in [3.8, 4) is 6.07 Å². The Hall–Kier alpha value is -2.65. The van der Waals surface area contributed by atoms with Gasteiger partial charge in [0.25, 0.3) is 5.91 Å². The monoisotopic (exact) mass is 326 g/mol. The average molecular weight is 326 g/mol. The first-order valence-electron chi connectivity index (χ1n) is 7.17. The molecule has 0 saturated carbocycles. The van der Waals surface area contributed by atoms with Gasteiger partial charge in [0.1, 0.15) is 0 Å². The van der Waals surface area contributed by atoms with Crippen LogP contribution in [-0.4, -0.2) is 29.9 Å². The SMILES string of the molecule is N#Cc1cccc(C(=O)OCC(=O)N2CCc3sccc3C2)c1. The highest BCUT2D eigenvalue weighted by atomic mass is 32.1. The van der Waals surface area contributed by atoms with E-state index < -0.39 is 5.97 Å². The molecule has 0 N–H and O–H groups in total. The normalized spacial score (nSPS) is 13.1. The lowest BCUT2D eigenvalue weighted by atomic mass is 10.1. The molecule has 0 saturated heterocycles. The first-order chi connectivity index (χ1) is 11.2. The van der Waals surface area contributed by atoms with Gasteiger partial charge in [0.05, 0.1) is 17.2 Å².